The summed E-state index contributed by atoms with van der Waals surface area (Å²) in [6.45, 7) is 0. The molecule has 0 radical (unpaired) electrons. The van der Waals surface area contributed by atoms with E-state index in [0.29, 0.717) is 6.26 Å². The SMILES string of the molecule is CS(=O)(=O)Oc1cccc(C(F)F)c1[N+](=O)[O-]. The first kappa shape index (κ1) is 13.3. The molecular weight excluding hydrogens is 260 g/mol. The fourth-order valence-electron chi connectivity index (χ4n) is 1.14. The first-order chi connectivity index (χ1) is 7.72. The van der Waals surface area contributed by atoms with Crippen molar-refractivity contribution in [2.45, 2.75) is 6.43 Å². The highest BCUT2D eigenvalue weighted by Gasteiger charge is 2.28. The molecule has 6 nitrogen and oxygen atoms in total. The third kappa shape index (κ3) is 3.34. The number of hydrogen-bond acceptors (Lipinski definition) is 5. The van der Waals surface area contributed by atoms with Crippen LogP contribution in [0.3, 0.4) is 0 Å². The van der Waals surface area contributed by atoms with E-state index in [1.807, 2.05) is 0 Å². The summed E-state index contributed by atoms with van der Waals surface area (Å²) >= 11 is 0. The summed E-state index contributed by atoms with van der Waals surface area (Å²) in [6, 6.07) is 2.82. The van der Waals surface area contributed by atoms with Crippen molar-refractivity contribution in [2.24, 2.45) is 0 Å². The van der Waals surface area contributed by atoms with Gasteiger partial charge in [-0.2, -0.15) is 8.42 Å². The Morgan fingerprint density at radius 1 is 1.41 bits per heavy atom. The Labute approximate surface area is 95.1 Å². The highest BCUT2D eigenvalue weighted by Crippen LogP contribution is 2.36. The van der Waals surface area contributed by atoms with Gasteiger partial charge in [-0.05, 0) is 12.1 Å². The fourth-order valence-corrected chi connectivity index (χ4v) is 1.60. The molecule has 0 heterocycles. The van der Waals surface area contributed by atoms with Crippen LogP contribution in [0.5, 0.6) is 5.75 Å². The number of alkyl halides is 2. The van der Waals surface area contributed by atoms with Crippen LogP contribution in [0.2, 0.25) is 0 Å². The van der Waals surface area contributed by atoms with Crippen LogP contribution in [-0.4, -0.2) is 19.6 Å². The number of nitrogens with zero attached hydrogens (tertiary/aromatic N) is 1. The Morgan fingerprint density at radius 3 is 2.41 bits per heavy atom. The first-order valence-corrected chi connectivity index (χ1v) is 5.99. The van der Waals surface area contributed by atoms with Crippen molar-refractivity contribution in [3.63, 3.8) is 0 Å². The van der Waals surface area contributed by atoms with Gasteiger partial charge in [-0.3, -0.25) is 10.1 Å². The minimum atomic E-state index is -4.02. The van der Waals surface area contributed by atoms with Crippen LogP contribution >= 0.6 is 0 Å². The summed E-state index contributed by atoms with van der Waals surface area (Å²) < 4.78 is 50.9. The van der Waals surface area contributed by atoms with E-state index in [-0.39, 0.29) is 0 Å². The topological polar surface area (TPSA) is 86.5 Å². The van der Waals surface area contributed by atoms with Gasteiger partial charge in [-0.25, -0.2) is 8.78 Å². The standard InChI is InChI=1S/C8H7F2NO5S/c1-17(14,15)16-6-4-2-3-5(8(9)10)7(6)11(12)13/h2-4,8H,1H3. The molecule has 1 rings (SSSR count). The maximum Gasteiger partial charge on any atom is 0.321 e. The highest BCUT2D eigenvalue weighted by atomic mass is 32.2. The highest BCUT2D eigenvalue weighted by molar-refractivity contribution is 7.86. The second-order valence-electron chi connectivity index (χ2n) is 3.04. The molecule has 1 aromatic rings. The quantitative estimate of drug-likeness (QED) is 0.472. The number of rotatable bonds is 4. The molecule has 0 amide bonds. The molecule has 0 N–H and O–H groups in total. The Hall–Kier alpha value is -1.77. The summed E-state index contributed by atoms with van der Waals surface area (Å²) in [5.74, 6) is -0.727. The van der Waals surface area contributed by atoms with E-state index in [4.69, 9.17) is 0 Å². The molecule has 17 heavy (non-hydrogen) atoms. The second kappa shape index (κ2) is 4.62. The van der Waals surface area contributed by atoms with E-state index in [2.05, 4.69) is 4.18 Å². The van der Waals surface area contributed by atoms with Crippen LogP contribution in [0.15, 0.2) is 18.2 Å². The minimum Gasteiger partial charge on any atom is -0.375 e. The van der Waals surface area contributed by atoms with Crippen LogP contribution in [0.4, 0.5) is 14.5 Å². The zero-order valence-electron chi connectivity index (χ0n) is 8.46. The van der Waals surface area contributed by atoms with Crippen molar-refractivity contribution in [3.8, 4) is 5.75 Å². The zero-order chi connectivity index (χ0) is 13.2. The Kier molecular flexibility index (Phi) is 3.61. The van der Waals surface area contributed by atoms with Gasteiger partial charge in [0.05, 0.1) is 16.7 Å². The number of nitro groups is 1. The van der Waals surface area contributed by atoms with E-state index in [9.17, 15) is 27.3 Å². The van der Waals surface area contributed by atoms with Gasteiger partial charge >= 0.3 is 15.8 Å². The second-order valence-corrected chi connectivity index (χ2v) is 4.61. The van der Waals surface area contributed by atoms with Crippen molar-refractivity contribution in [3.05, 3.63) is 33.9 Å². The van der Waals surface area contributed by atoms with Crippen molar-refractivity contribution in [1.82, 2.24) is 0 Å². The molecule has 0 atom stereocenters. The average molecular weight is 267 g/mol. The van der Waals surface area contributed by atoms with Gasteiger partial charge in [0.1, 0.15) is 0 Å². The molecule has 0 fully saturated rings. The summed E-state index contributed by atoms with van der Waals surface area (Å²) in [5.41, 5.74) is -1.94. The lowest BCUT2D eigenvalue weighted by atomic mass is 10.2. The monoisotopic (exact) mass is 267 g/mol. The molecule has 0 aliphatic heterocycles. The third-order valence-electron chi connectivity index (χ3n) is 1.69. The van der Waals surface area contributed by atoms with Crippen molar-refractivity contribution in [1.29, 1.82) is 0 Å². The normalized spacial score (nSPS) is 11.5. The molecule has 0 bridgehead atoms. The van der Waals surface area contributed by atoms with Gasteiger partial charge in [0, 0.05) is 0 Å². The van der Waals surface area contributed by atoms with Crippen molar-refractivity contribution < 1.29 is 26.3 Å². The van der Waals surface area contributed by atoms with E-state index in [0.717, 1.165) is 18.2 Å². The van der Waals surface area contributed by atoms with Crippen molar-refractivity contribution in [2.75, 3.05) is 6.26 Å². The minimum absolute atomic E-state index is 0.659. The number of hydrogen-bond donors (Lipinski definition) is 0. The lowest BCUT2D eigenvalue weighted by Gasteiger charge is -2.07. The van der Waals surface area contributed by atoms with Gasteiger partial charge in [0.2, 0.25) is 5.75 Å². The van der Waals surface area contributed by atoms with E-state index in [1.54, 1.807) is 0 Å². The molecule has 0 aliphatic carbocycles. The Balaban J connectivity index is 3.40. The Bertz CT molecular complexity index is 543. The zero-order valence-corrected chi connectivity index (χ0v) is 9.28. The maximum absolute atomic E-state index is 12.5. The summed E-state index contributed by atoms with van der Waals surface area (Å²) in [5, 5.41) is 10.6. The molecule has 0 saturated heterocycles. The number of nitro benzene ring substituents is 1. The van der Waals surface area contributed by atoms with Crippen LogP contribution in [0.25, 0.3) is 0 Å². The predicted molar refractivity (Wildman–Crippen MR) is 53.5 cm³/mol. The van der Waals surface area contributed by atoms with E-state index in [1.165, 1.54) is 0 Å². The van der Waals surface area contributed by atoms with Gasteiger partial charge in [-0.15, -0.1) is 0 Å². The molecule has 0 aromatic heterocycles. The largest absolute Gasteiger partial charge is 0.375 e. The van der Waals surface area contributed by atoms with Gasteiger partial charge in [0.15, 0.2) is 0 Å². The van der Waals surface area contributed by atoms with Crippen molar-refractivity contribution >= 4 is 15.8 Å². The molecular formula is C8H7F2NO5S. The van der Waals surface area contributed by atoms with Gasteiger partial charge < -0.3 is 4.18 Å². The molecule has 0 unspecified atom stereocenters. The molecule has 1 aromatic carbocycles. The first-order valence-electron chi connectivity index (χ1n) is 4.17. The molecule has 9 heteroatoms. The number of para-hydroxylation sites is 1. The van der Waals surface area contributed by atoms with Crippen LogP contribution in [0.1, 0.15) is 12.0 Å². The maximum atomic E-state index is 12.5. The summed E-state index contributed by atoms with van der Waals surface area (Å²) in [7, 11) is -4.02. The molecule has 0 saturated carbocycles. The third-order valence-corrected chi connectivity index (χ3v) is 2.17. The van der Waals surface area contributed by atoms with E-state index >= 15 is 0 Å². The summed E-state index contributed by atoms with van der Waals surface area (Å²) in [6.07, 6.45) is -2.44. The molecule has 94 valence electrons. The van der Waals surface area contributed by atoms with Gasteiger partial charge in [0.25, 0.3) is 6.43 Å². The average Bonchev–Trinajstić information content (AvgIpc) is 2.14. The summed E-state index contributed by atoms with van der Waals surface area (Å²) in [4.78, 5) is 9.52. The Morgan fingerprint density at radius 2 is 2.00 bits per heavy atom. The van der Waals surface area contributed by atoms with Crippen LogP contribution in [0, 0.1) is 10.1 Å². The van der Waals surface area contributed by atoms with Gasteiger partial charge in [-0.1, -0.05) is 6.07 Å². The van der Waals surface area contributed by atoms with Crippen LogP contribution in [-0.2, 0) is 10.1 Å². The smallest absolute Gasteiger partial charge is 0.321 e. The molecule has 0 aliphatic rings. The number of halogens is 2. The predicted octanol–water partition coefficient (Wildman–Crippen LogP) is 1.87. The number of benzene rings is 1. The lowest BCUT2D eigenvalue weighted by Crippen LogP contribution is -2.08. The van der Waals surface area contributed by atoms with Crippen LogP contribution < -0.4 is 4.18 Å². The molecule has 0 spiro atoms. The van der Waals surface area contributed by atoms with E-state index < -0.39 is 38.5 Å². The fraction of sp³-hybridized carbons (Fsp3) is 0.250. The lowest BCUT2D eigenvalue weighted by molar-refractivity contribution is -0.386.